The predicted molar refractivity (Wildman–Crippen MR) is 124 cm³/mol. The van der Waals surface area contributed by atoms with E-state index in [1.54, 1.807) is 0 Å². The summed E-state index contributed by atoms with van der Waals surface area (Å²) in [7, 11) is 0. The first-order valence-electron chi connectivity index (χ1n) is 10.9. The number of hydrogen-bond acceptors (Lipinski definition) is 3. The summed E-state index contributed by atoms with van der Waals surface area (Å²) in [6.07, 6.45) is 5.46. The molecule has 0 spiro atoms. The number of benzene rings is 3. The lowest BCUT2D eigenvalue weighted by Gasteiger charge is -2.15. The van der Waals surface area contributed by atoms with Gasteiger partial charge in [0.15, 0.2) is 0 Å². The number of nitrogens with one attached hydrogen (secondary N) is 1. The number of carbonyl (C=O) groups excluding carboxylic acids is 1. The molecule has 1 aromatic heterocycles. The van der Waals surface area contributed by atoms with Gasteiger partial charge in [0.2, 0.25) is 0 Å². The summed E-state index contributed by atoms with van der Waals surface area (Å²) in [6, 6.07) is 19.6. The number of rotatable bonds is 5. The Hall–Kier alpha value is -3.60. The molecule has 3 aromatic carbocycles. The SMILES string of the molecule is CCOc1ccc2ccccc2c1C(=O)Nc1ccccc1-c1cn2c(n1)CCCC2. The molecule has 1 aliphatic heterocycles. The van der Waals surface area contributed by atoms with E-state index < -0.39 is 0 Å². The summed E-state index contributed by atoms with van der Waals surface area (Å²) >= 11 is 0. The van der Waals surface area contributed by atoms with E-state index in [1.165, 1.54) is 12.8 Å². The van der Waals surface area contributed by atoms with Crippen LogP contribution >= 0.6 is 0 Å². The number of aromatic nitrogens is 2. The minimum absolute atomic E-state index is 0.184. The average molecular weight is 412 g/mol. The van der Waals surface area contributed by atoms with Crippen LogP contribution < -0.4 is 10.1 Å². The van der Waals surface area contributed by atoms with Crippen molar-refractivity contribution in [2.24, 2.45) is 0 Å². The van der Waals surface area contributed by atoms with E-state index in [0.29, 0.717) is 17.9 Å². The summed E-state index contributed by atoms with van der Waals surface area (Å²) < 4.78 is 8.03. The molecule has 5 rings (SSSR count). The standard InChI is InChI=1S/C26H25N3O2/c1-2-31-23-15-14-18-9-3-4-10-19(18)25(23)26(30)28-21-12-6-5-11-20(21)22-17-29-16-8-7-13-24(29)27-22/h3-6,9-12,14-15,17H,2,7-8,13,16H2,1H3,(H,28,30). The fraction of sp³-hybridized carbons (Fsp3) is 0.231. The number of carbonyl (C=O) groups is 1. The number of anilines is 1. The molecule has 0 saturated carbocycles. The molecular weight excluding hydrogens is 386 g/mol. The molecule has 1 aliphatic rings. The second-order valence-corrected chi connectivity index (χ2v) is 7.79. The molecule has 0 atom stereocenters. The number of fused-ring (bicyclic) bond motifs is 2. The summed E-state index contributed by atoms with van der Waals surface area (Å²) in [5.41, 5.74) is 3.13. The summed E-state index contributed by atoms with van der Waals surface area (Å²) in [5.74, 6) is 1.53. The molecular formula is C26H25N3O2. The molecule has 5 heteroatoms. The third-order valence-corrected chi connectivity index (χ3v) is 5.78. The molecule has 0 fully saturated rings. The molecule has 1 N–H and O–H groups in total. The number of aryl methyl sites for hydroxylation is 2. The van der Waals surface area contributed by atoms with Crippen molar-refractivity contribution in [1.29, 1.82) is 0 Å². The van der Waals surface area contributed by atoms with Crippen LogP contribution in [0.3, 0.4) is 0 Å². The number of ether oxygens (including phenoxy) is 1. The van der Waals surface area contributed by atoms with Crippen LogP contribution in [0.4, 0.5) is 5.69 Å². The zero-order chi connectivity index (χ0) is 21.2. The maximum atomic E-state index is 13.5. The van der Waals surface area contributed by atoms with Crippen LogP contribution in [-0.2, 0) is 13.0 Å². The van der Waals surface area contributed by atoms with Crippen LogP contribution in [0.15, 0.2) is 66.9 Å². The molecule has 156 valence electrons. The van der Waals surface area contributed by atoms with Crippen molar-refractivity contribution in [1.82, 2.24) is 9.55 Å². The van der Waals surface area contributed by atoms with E-state index >= 15 is 0 Å². The molecule has 0 saturated heterocycles. The Balaban J connectivity index is 1.54. The summed E-state index contributed by atoms with van der Waals surface area (Å²) in [4.78, 5) is 18.3. The Bertz CT molecular complexity index is 1240. The van der Waals surface area contributed by atoms with Crippen molar-refractivity contribution >= 4 is 22.4 Å². The van der Waals surface area contributed by atoms with Gasteiger partial charge in [0.1, 0.15) is 11.6 Å². The van der Waals surface area contributed by atoms with Gasteiger partial charge in [-0.25, -0.2) is 4.98 Å². The normalized spacial score (nSPS) is 13.1. The fourth-order valence-corrected chi connectivity index (χ4v) is 4.30. The monoisotopic (exact) mass is 411 g/mol. The summed E-state index contributed by atoms with van der Waals surface area (Å²) in [5, 5.41) is 5.01. The Morgan fingerprint density at radius 2 is 1.90 bits per heavy atom. The molecule has 0 bridgehead atoms. The van der Waals surface area contributed by atoms with E-state index in [1.807, 2.05) is 67.6 Å². The smallest absolute Gasteiger partial charge is 0.260 e. The second kappa shape index (κ2) is 8.26. The van der Waals surface area contributed by atoms with Gasteiger partial charge in [-0.2, -0.15) is 0 Å². The maximum Gasteiger partial charge on any atom is 0.260 e. The number of hydrogen-bond donors (Lipinski definition) is 1. The van der Waals surface area contributed by atoms with E-state index in [9.17, 15) is 4.79 Å². The van der Waals surface area contributed by atoms with Gasteiger partial charge in [-0.05, 0) is 42.7 Å². The minimum Gasteiger partial charge on any atom is -0.493 e. The Kier molecular flexibility index (Phi) is 5.16. The van der Waals surface area contributed by atoms with Gasteiger partial charge in [-0.1, -0.05) is 48.5 Å². The predicted octanol–water partition coefficient (Wildman–Crippen LogP) is 5.69. The third-order valence-electron chi connectivity index (χ3n) is 5.78. The van der Waals surface area contributed by atoms with Crippen molar-refractivity contribution in [3.8, 4) is 17.0 Å². The largest absolute Gasteiger partial charge is 0.493 e. The van der Waals surface area contributed by atoms with E-state index in [2.05, 4.69) is 16.1 Å². The fourth-order valence-electron chi connectivity index (χ4n) is 4.30. The van der Waals surface area contributed by atoms with Crippen molar-refractivity contribution in [2.75, 3.05) is 11.9 Å². The minimum atomic E-state index is -0.184. The zero-order valence-electron chi connectivity index (χ0n) is 17.6. The van der Waals surface area contributed by atoms with E-state index in [0.717, 1.165) is 46.5 Å². The highest BCUT2D eigenvalue weighted by Gasteiger charge is 2.20. The molecule has 2 heterocycles. The molecule has 0 radical (unpaired) electrons. The van der Waals surface area contributed by atoms with Crippen molar-refractivity contribution < 1.29 is 9.53 Å². The second-order valence-electron chi connectivity index (χ2n) is 7.79. The Morgan fingerprint density at radius 1 is 1.06 bits per heavy atom. The zero-order valence-corrected chi connectivity index (χ0v) is 17.6. The Labute approximate surface area is 181 Å². The summed E-state index contributed by atoms with van der Waals surface area (Å²) in [6.45, 7) is 3.42. The maximum absolute atomic E-state index is 13.5. The van der Waals surface area contributed by atoms with Crippen LogP contribution in [0.25, 0.3) is 22.0 Å². The molecule has 5 nitrogen and oxygen atoms in total. The Morgan fingerprint density at radius 3 is 2.77 bits per heavy atom. The van der Waals surface area contributed by atoms with Gasteiger partial charge in [-0.3, -0.25) is 4.79 Å². The first-order valence-corrected chi connectivity index (χ1v) is 10.9. The van der Waals surface area contributed by atoms with Gasteiger partial charge >= 0.3 is 0 Å². The van der Waals surface area contributed by atoms with E-state index in [-0.39, 0.29) is 5.91 Å². The average Bonchev–Trinajstić information content (AvgIpc) is 3.23. The van der Waals surface area contributed by atoms with Gasteiger partial charge < -0.3 is 14.6 Å². The van der Waals surface area contributed by atoms with Crippen molar-refractivity contribution in [3.63, 3.8) is 0 Å². The lowest BCUT2D eigenvalue weighted by atomic mass is 10.0. The number of para-hydroxylation sites is 1. The molecule has 1 amide bonds. The number of imidazole rings is 1. The lowest BCUT2D eigenvalue weighted by Crippen LogP contribution is -2.15. The van der Waals surface area contributed by atoms with Gasteiger partial charge in [0.05, 0.1) is 23.6 Å². The van der Waals surface area contributed by atoms with Crippen molar-refractivity contribution in [3.05, 3.63) is 78.2 Å². The molecule has 0 aliphatic carbocycles. The lowest BCUT2D eigenvalue weighted by molar-refractivity contribution is 0.102. The molecule has 4 aromatic rings. The van der Waals surface area contributed by atoms with Gasteiger partial charge in [0, 0.05) is 24.7 Å². The highest BCUT2D eigenvalue weighted by Crippen LogP contribution is 2.32. The van der Waals surface area contributed by atoms with Crippen molar-refractivity contribution in [2.45, 2.75) is 32.7 Å². The number of amides is 1. The highest BCUT2D eigenvalue weighted by atomic mass is 16.5. The van der Waals surface area contributed by atoms with Crippen LogP contribution in [0.1, 0.15) is 35.9 Å². The highest BCUT2D eigenvalue weighted by molar-refractivity contribution is 6.15. The quantitative estimate of drug-likeness (QED) is 0.459. The van der Waals surface area contributed by atoms with Crippen LogP contribution in [-0.4, -0.2) is 22.1 Å². The van der Waals surface area contributed by atoms with Crippen LogP contribution in [0, 0.1) is 0 Å². The molecule has 31 heavy (non-hydrogen) atoms. The van der Waals surface area contributed by atoms with E-state index in [4.69, 9.17) is 9.72 Å². The third kappa shape index (κ3) is 3.67. The number of nitrogens with zero attached hydrogens (tertiary/aromatic N) is 2. The van der Waals surface area contributed by atoms with Gasteiger partial charge in [0.25, 0.3) is 5.91 Å². The van der Waals surface area contributed by atoms with Crippen LogP contribution in [0.5, 0.6) is 5.75 Å². The van der Waals surface area contributed by atoms with Crippen LogP contribution in [0.2, 0.25) is 0 Å². The molecule has 0 unspecified atom stereocenters. The first kappa shape index (κ1) is 19.4. The topological polar surface area (TPSA) is 56.1 Å². The van der Waals surface area contributed by atoms with Gasteiger partial charge in [-0.15, -0.1) is 0 Å². The first-order chi connectivity index (χ1) is 15.2.